The van der Waals surface area contributed by atoms with Crippen LogP contribution < -0.4 is 15.0 Å². The van der Waals surface area contributed by atoms with Crippen LogP contribution in [-0.4, -0.2) is 47.0 Å². The summed E-state index contributed by atoms with van der Waals surface area (Å²) in [5, 5.41) is 5.79. The molecule has 0 bridgehead atoms. The van der Waals surface area contributed by atoms with Crippen molar-refractivity contribution in [3.63, 3.8) is 0 Å². The average Bonchev–Trinajstić information content (AvgIpc) is 2.68. The molecule has 0 aliphatic carbocycles. The zero-order valence-corrected chi connectivity index (χ0v) is 20.1. The second-order valence-electron chi connectivity index (χ2n) is 6.10. The number of halogens is 2. The molecular weight excluding hydrogens is 486 g/mol. The van der Waals surface area contributed by atoms with E-state index in [0.717, 1.165) is 31.4 Å². The first-order chi connectivity index (χ1) is 13.1. The van der Waals surface area contributed by atoms with Gasteiger partial charge in [-0.1, -0.05) is 23.2 Å². The summed E-state index contributed by atoms with van der Waals surface area (Å²) in [5.74, 6) is 2.22. The Kier molecular flexibility index (Phi) is 11.4. The van der Waals surface area contributed by atoms with Crippen LogP contribution >= 0.6 is 43.3 Å². The van der Waals surface area contributed by atoms with Gasteiger partial charge in [0, 0.05) is 0 Å². The minimum atomic E-state index is -1.15. The molecule has 27 heavy (non-hydrogen) atoms. The maximum atomic E-state index is 12.3. The number of carbonyl (C=O) groups is 2. The standard InChI is InChI=1S/C18H25AsCl2N2O2S2/c20-17(21)18(25)22-11-6-2-1-3-10-16(24)23-15-9-5-4-8-14(15)19-26-12-7-13-27-19/h4-5,8-9,17H,1-3,6-7,10-13H2,(H,22,25)(H,23,24). The van der Waals surface area contributed by atoms with E-state index in [2.05, 4.69) is 42.8 Å². The molecule has 0 radical (unpaired) electrons. The molecule has 1 heterocycles. The Hall–Kier alpha value is -0.00156. The predicted octanol–water partition coefficient (Wildman–Crippen LogP) is 4.06. The van der Waals surface area contributed by atoms with Crippen molar-refractivity contribution in [3.05, 3.63) is 24.3 Å². The first-order valence-corrected chi connectivity index (χ1v) is 17.4. The number of nitrogens with one attached hydrogen (secondary N) is 2. The van der Waals surface area contributed by atoms with Crippen molar-refractivity contribution >= 4 is 77.4 Å². The number of hydrogen-bond donors (Lipinski definition) is 2. The molecule has 9 heteroatoms. The van der Waals surface area contributed by atoms with E-state index in [4.69, 9.17) is 23.2 Å². The van der Waals surface area contributed by atoms with Crippen LogP contribution in [0.3, 0.4) is 0 Å². The zero-order valence-electron chi connectivity index (χ0n) is 15.1. The Morgan fingerprint density at radius 3 is 2.52 bits per heavy atom. The molecule has 1 aromatic carbocycles. The van der Waals surface area contributed by atoms with Crippen LogP contribution in [0.4, 0.5) is 5.69 Å². The Morgan fingerprint density at radius 1 is 1.07 bits per heavy atom. The number of carbonyl (C=O) groups excluding carboxylic acids is 2. The van der Waals surface area contributed by atoms with Crippen LogP contribution in [0.5, 0.6) is 0 Å². The van der Waals surface area contributed by atoms with Gasteiger partial charge < -0.3 is 0 Å². The number of benzene rings is 1. The predicted molar refractivity (Wildman–Crippen MR) is 122 cm³/mol. The number of rotatable bonds is 10. The van der Waals surface area contributed by atoms with Gasteiger partial charge in [-0.3, -0.25) is 4.79 Å². The van der Waals surface area contributed by atoms with Crippen molar-refractivity contribution in [1.82, 2.24) is 5.32 Å². The molecule has 1 saturated heterocycles. The minimum absolute atomic E-state index is 0.0869. The summed E-state index contributed by atoms with van der Waals surface area (Å²) in [7, 11) is 4.20. The zero-order chi connectivity index (χ0) is 19.5. The van der Waals surface area contributed by atoms with Crippen LogP contribution in [0.2, 0.25) is 0 Å². The van der Waals surface area contributed by atoms with Gasteiger partial charge in [0.05, 0.1) is 0 Å². The van der Waals surface area contributed by atoms with Gasteiger partial charge in [0.2, 0.25) is 0 Å². The summed E-state index contributed by atoms with van der Waals surface area (Å²) in [4.78, 5) is 22.5. The van der Waals surface area contributed by atoms with E-state index in [1.54, 1.807) is 0 Å². The molecule has 4 nitrogen and oxygen atoms in total. The van der Waals surface area contributed by atoms with Gasteiger partial charge >= 0.3 is 151 Å². The molecule has 0 atom stereocenters. The topological polar surface area (TPSA) is 58.2 Å². The summed E-state index contributed by atoms with van der Waals surface area (Å²) in [6.45, 7) is 0.565. The van der Waals surface area contributed by atoms with E-state index in [1.165, 1.54) is 22.3 Å². The van der Waals surface area contributed by atoms with Crippen molar-refractivity contribution in [2.75, 3.05) is 23.4 Å². The van der Waals surface area contributed by atoms with Crippen molar-refractivity contribution < 1.29 is 9.59 Å². The van der Waals surface area contributed by atoms with E-state index in [9.17, 15) is 9.59 Å². The van der Waals surface area contributed by atoms with Gasteiger partial charge in [-0.05, 0) is 0 Å². The molecule has 2 N–H and O–H groups in total. The fraction of sp³-hybridized carbons (Fsp3) is 0.556. The SMILES string of the molecule is O=C(CCCCCCNC(=O)C(Cl)Cl)Nc1ccccc1[As]1SCCCS1. The van der Waals surface area contributed by atoms with Gasteiger partial charge in [0.25, 0.3) is 0 Å². The van der Waals surface area contributed by atoms with E-state index in [0.29, 0.717) is 13.0 Å². The summed E-state index contributed by atoms with van der Waals surface area (Å²) in [6.07, 6.45) is 5.44. The van der Waals surface area contributed by atoms with E-state index < -0.39 is 17.2 Å². The number of anilines is 1. The van der Waals surface area contributed by atoms with E-state index >= 15 is 0 Å². The summed E-state index contributed by atoms with van der Waals surface area (Å²) in [5.41, 5.74) is 1.00. The third-order valence-electron chi connectivity index (χ3n) is 3.91. The number of hydrogen-bond acceptors (Lipinski definition) is 4. The van der Waals surface area contributed by atoms with Gasteiger partial charge in [0.15, 0.2) is 4.84 Å². The molecule has 0 unspecified atom stereocenters. The van der Waals surface area contributed by atoms with Crippen LogP contribution in [0.1, 0.15) is 38.5 Å². The van der Waals surface area contributed by atoms with Crippen molar-refractivity contribution in [2.24, 2.45) is 0 Å². The number of alkyl halides is 2. The van der Waals surface area contributed by atoms with Crippen LogP contribution in [0.15, 0.2) is 24.3 Å². The molecule has 150 valence electrons. The molecular formula is C18H25AsCl2N2O2S2. The second kappa shape index (κ2) is 13.3. The van der Waals surface area contributed by atoms with Crippen LogP contribution in [0.25, 0.3) is 0 Å². The van der Waals surface area contributed by atoms with Crippen molar-refractivity contribution in [2.45, 2.75) is 43.4 Å². The molecule has 0 spiro atoms. The van der Waals surface area contributed by atoms with Crippen molar-refractivity contribution in [1.29, 1.82) is 0 Å². The maximum absolute atomic E-state index is 12.3. The number of unbranched alkanes of at least 4 members (excludes halogenated alkanes) is 3. The van der Waals surface area contributed by atoms with Crippen LogP contribution in [0, 0.1) is 0 Å². The van der Waals surface area contributed by atoms with Crippen LogP contribution in [-0.2, 0) is 9.59 Å². The van der Waals surface area contributed by atoms with Gasteiger partial charge in [0.1, 0.15) is 0 Å². The molecule has 2 amide bonds. The Labute approximate surface area is 182 Å². The number of amides is 2. The van der Waals surface area contributed by atoms with Gasteiger partial charge in [-0.15, -0.1) is 0 Å². The second-order valence-corrected chi connectivity index (χ2v) is 18.9. The average molecular weight is 511 g/mol. The monoisotopic (exact) mass is 510 g/mol. The van der Waals surface area contributed by atoms with Gasteiger partial charge in [-0.2, -0.15) is 0 Å². The Bertz CT molecular complexity index is 617. The third-order valence-corrected chi connectivity index (χ3v) is 17.9. The molecule has 1 aliphatic heterocycles. The molecule has 1 aliphatic rings. The first-order valence-electron chi connectivity index (χ1n) is 9.08. The summed E-state index contributed by atoms with van der Waals surface area (Å²) < 4.78 is 1.36. The first kappa shape index (κ1) is 23.3. The molecule has 0 saturated carbocycles. The fourth-order valence-electron chi connectivity index (χ4n) is 2.53. The quantitative estimate of drug-likeness (QED) is 0.283. The summed E-state index contributed by atoms with van der Waals surface area (Å²) in [6, 6.07) is 8.28. The molecule has 1 aromatic rings. The van der Waals surface area contributed by atoms with Gasteiger partial charge in [-0.25, -0.2) is 0 Å². The normalized spacial score (nSPS) is 14.9. The third kappa shape index (κ3) is 8.91. The Morgan fingerprint density at radius 2 is 1.78 bits per heavy atom. The fourth-order valence-corrected chi connectivity index (χ4v) is 16.3. The van der Waals surface area contributed by atoms with E-state index in [-0.39, 0.29) is 11.8 Å². The van der Waals surface area contributed by atoms with Crippen molar-refractivity contribution in [3.8, 4) is 0 Å². The summed E-state index contributed by atoms with van der Waals surface area (Å²) >= 11 is 9.77. The molecule has 2 rings (SSSR count). The number of para-hydroxylation sites is 1. The Balaban J connectivity index is 1.65. The molecule has 1 fully saturated rings. The van der Waals surface area contributed by atoms with E-state index in [1.807, 2.05) is 12.1 Å². The molecule has 0 aromatic heterocycles.